The lowest BCUT2D eigenvalue weighted by atomic mass is 9.83. The van der Waals surface area contributed by atoms with Crippen LogP contribution in [0.25, 0.3) is 0 Å². The van der Waals surface area contributed by atoms with Crippen LogP contribution in [0.1, 0.15) is 43.2 Å². The fourth-order valence-electron chi connectivity index (χ4n) is 3.83. The van der Waals surface area contributed by atoms with Crippen molar-refractivity contribution in [3.63, 3.8) is 0 Å². The number of amides is 1. The second-order valence-corrected chi connectivity index (χ2v) is 9.20. The van der Waals surface area contributed by atoms with Crippen molar-refractivity contribution in [2.45, 2.75) is 45.8 Å². The molecule has 0 fully saturated rings. The molecule has 1 amide bonds. The summed E-state index contributed by atoms with van der Waals surface area (Å²) in [5.41, 5.74) is 0.272. The van der Waals surface area contributed by atoms with Gasteiger partial charge >= 0.3 is 5.97 Å². The van der Waals surface area contributed by atoms with Crippen LogP contribution in [0.15, 0.2) is 42.6 Å². The first-order valence-corrected chi connectivity index (χ1v) is 12.3. The molecule has 1 aromatic heterocycles. The van der Waals surface area contributed by atoms with Gasteiger partial charge in [0.1, 0.15) is 24.7 Å². The number of pyridine rings is 1. The number of nitrogens with one attached hydrogen (secondary N) is 1. The fraction of sp³-hybridized carbons (Fsp3) is 0.393. The van der Waals surface area contributed by atoms with Gasteiger partial charge in [-0.1, -0.05) is 51.1 Å². The Morgan fingerprint density at radius 3 is 2.26 bits per heavy atom. The molecule has 11 heteroatoms. The average Bonchev–Trinajstić information content (AvgIpc) is 2.93. The molecule has 4 atom stereocenters. The number of Topliss-reactive ketones (excluding diaryl/α,β-unsaturated/α-hetero) is 2. The normalized spacial score (nSPS) is 13.9. The van der Waals surface area contributed by atoms with Gasteiger partial charge in [-0.2, -0.15) is 0 Å². The predicted octanol–water partition coefficient (Wildman–Crippen LogP) is 1.88. The van der Waals surface area contributed by atoms with Crippen molar-refractivity contribution in [1.82, 2.24) is 10.3 Å². The van der Waals surface area contributed by atoms with Gasteiger partial charge in [0.15, 0.2) is 17.2 Å². The molecule has 0 bridgehead atoms. The number of nitrogens with zero attached hydrogens (tertiary/aromatic N) is 1. The van der Waals surface area contributed by atoms with E-state index in [4.69, 9.17) is 9.47 Å². The maximum absolute atomic E-state index is 13.3. The Balaban J connectivity index is 2.33. The molecule has 1 heterocycles. The second-order valence-electron chi connectivity index (χ2n) is 9.20. The van der Waals surface area contributed by atoms with Crippen molar-refractivity contribution >= 4 is 36.0 Å². The van der Waals surface area contributed by atoms with Crippen LogP contribution >= 0.6 is 0 Å². The summed E-state index contributed by atoms with van der Waals surface area (Å²) in [6, 6.07) is 8.59. The molecular formula is C28H32N2O9. The third-order valence-electron chi connectivity index (χ3n) is 6.06. The first-order chi connectivity index (χ1) is 18.5. The Morgan fingerprint density at radius 1 is 1.03 bits per heavy atom. The van der Waals surface area contributed by atoms with E-state index < -0.39 is 71.2 Å². The number of esters is 1. The molecule has 0 radical (unpaired) electrons. The number of methoxy groups -OCH3 is 1. The van der Waals surface area contributed by atoms with Crippen LogP contribution in [0.4, 0.5) is 0 Å². The zero-order valence-corrected chi connectivity index (χ0v) is 22.2. The first-order valence-electron chi connectivity index (χ1n) is 12.3. The topological polar surface area (TPSA) is 166 Å². The Morgan fingerprint density at radius 2 is 1.69 bits per heavy atom. The maximum Gasteiger partial charge on any atom is 0.308 e. The van der Waals surface area contributed by atoms with E-state index in [1.54, 1.807) is 44.2 Å². The fourth-order valence-corrected chi connectivity index (χ4v) is 3.83. The molecule has 11 nitrogen and oxygen atoms in total. The lowest BCUT2D eigenvalue weighted by Crippen LogP contribution is -2.49. The molecule has 2 N–H and O–H groups in total. The van der Waals surface area contributed by atoms with Crippen LogP contribution in [-0.2, 0) is 35.1 Å². The summed E-state index contributed by atoms with van der Waals surface area (Å²) in [6.07, 6.45) is 0.413. The van der Waals surface area contributed by atoms with Gasteiger partial charge in [0, 0.05) is 18.7 Å². The standard InChI is InChI=1S/C28H32N2O9/c1-16(2)28(37)39-26(19(15-32)14-18-8-6-5-7-9-18)17(3)23(33)24(34)20(11-13-31)30-27(36)22-25(35)21(38-4)10-12-29-22/h5-10,12-13,15-17,19-20,26,35H,11,14H2,1-4H3,(H,30,36)/t17-,19+,20+,26+/m1/s1. The number of carbonyl (C=O) groups excluding carboxylic acids is 6. The van der Waals surface area contributed by atoms with Gasteiger partial charge in [-0.3, -0.25) is 19.2 Å². The van der Waals surface area contributed by atoms with Gasteiger partial charge in [0.05, 0.1) is 24.9 Å². The smallest absolute Gasteiger partial charge is 0.308 e. The molecule has 208 valence electrons. The molecule has 0 saturated carbocycles. The van der Waals surface area contributed by atoms with Gasteiger partial charge in [-0.25, -0.2) is 4.98 Å². The van der Waals surface area contributed by atoms with E-state index in [-0.39, 0.29) is 12.2 Å². The summed E-state index contributed by atoms with van der Waals surface area (Å²) < 4.78 is 10.5. The summed E-state index contributed by atoms with van der Waals surface area (Å²) in [6.45, 7) is 4.51. The lowest BCUT2D eigenvalue weighted by Gasteiger charge is -2.29. The SMILES string of the molecule is COc1ccnc(C(=O)N[C@@H](CC=O)C(=O)C(=O)[C@@H](C)[C@H](OC(=O)C(C)C)[C@H](C=O)Cc2ccccc2)c1O. The average molecular weight is 541 g/mol. The monoisotopic (exact) mass is 540 g/mol. The van der Waals surface area contributed by atoms with Crippen molar-refractivity contribution in [3.05, 3.63) is 53.9 Å². The number of ether oxygens (including phenoxy) is 2. The summed E-state index contributed by atoms with van der Waals surface area (Å²) >= 11 is 0. The van der Waals surface area contributed by atoms with E-state index in [2.05, 4.69) is 10.3 Å². The van der Waals surface area contributed by atoms with E-state index in [1.165, 1.54) is 26.3 Å². The molecule has 0 aliphatic heterocycles. The predicted molar refractivity (Wildman–Crippen MR) is 138 cm³/mol. The van der Waals surface area contributed by atoms with Crippen LogP contribution < -0.4 is 10.1 Å². The van der Waals surface area contributed by atoms with Crippen molar-refractivity contribution in [3.8, 4) is 11.5 Å². The molecule has 0 spiro atoms. The van der Waals surface area contributed by atoms with E-state index in [9.17, 15) is 33.9 Å². The number of aromatic hydroxyl groups is 1. The van der Waals surface area contributed by atoms with Crippen molar-refractivity contribution < 1.29 is 43.3 Å². The Labute approximate surface area is 225 Å². The van der Waals surface area contributed by atoms with Gasteiger partial charge in [0.2, 0.25) is 11.6 Å². The minimum absolute atomic E-state index is 0.0498. The Kier molecular flexibility index (Phi) is 11.5. The molecule has 2 rings (SSSR count). The number of carbonyl (C=O) groups is 6. The van der Waals surface area contributed by atoms with E-state index in [0.717, 1.165) is 5.56 Å². The maximum atomic E-state index is 13.3. The number of hydrogen-bond acceptors (Lipinski definition) is 10. The zero-order chi connectivity index (χ0) is 29.1. The number of hydrogen-bond donors (Lipinski definition) is 2. The zero-order valence-electron chi connectivity index (χ0n) is 22.2. The third kappa shape index (κ3) is 8.03. The van der Waals surface area contributed by atoms with Crippen molar-refractivity contribution in [2.75, 3.05) is 7.11 Å². The molecule has 0 unspecified atom stereocenters. The molecule has 0 saturated heterocycles. The highest BCUT2D eigenvalue weighted by atomic mass is 16.5. The second kappa shape index (κ2) is 14.5. The van der Waals surface area contributed by atoms with Crippen LogP contribution in [-0.4, -0.2) is 65.4 Å². The van der Waals surface area contributed by atoms with E-state index >= 15 is 0 Å². The summed E-state index contributed by atoms with van der Waals surface area (Å²) in [5, 5.41) is 12.4. The molecule has 1 aromatic carbocycles. The summed E-state index contributed by atoms with van der Waals surface area (Å²) in [7, 11) is 1.27. The van der Waals surface area contributed by atoms with E-state index in [0.29, 0.717) is 12.6 Å². The van der Waals surface area contributed by atoms with Gasteiger partial charge in [0.25, 0.3) is 5.91 Å². The van der Waals surface area contributed by atoms with Crippen LogP contribution in [0.5, 0.6) is 11.5 Å². The first kappa shape index (κ1) is 30.8. The summed E-state index contributed by atoms with van der Waals surface area (Å²) in [5.74, 6) is -7.33. The minimum Gasteiger partial charge on any atom is -0.503 e. The van der Waals surface area contributed by atoms with Gasteiger partial charge < -0.3 is 29.5 Å². The third-order valence-corrected chi connectivity index (χ3v) is 6.06. The quantitative estimate of drug-likeness (QED) is 0.193. The number of benzene rings is 1. The lowest BCUT2D eigenvalue weighted by molar-refractivity contribution is -0.162. The van der Waals surface area contributed by atoms with Crippen LogP contribution in [0, 0.1) is 17.8 Å². The highest BCUT2D eigenvalue weighted by molar-refractivity contribution is 6.40. The molecule has 39 heavy (non-hydrogen) atoms. The minimum atomic E-state index is -1.59. The van der Waals surface area contributed by atoms with Crippen molar-refractivity contribution in [2.24, 2.45) is 17.8 Å². The highest BCUT2D eigenvalue weighted by Gasteiger charge is 2.40. The molecule has 2 aromatic rings. The largest absolute Gasteiger partial charge is 0.503 e. The van der Waals surface area contributed by atoms with Crippen LogP contribution in [0.2, 0.25) is 0 Å². The Bertz CT molecular complexity index is 1200. The van der Waals surface area contributed by atoms with Gasteiger partial charge in [-0.15, -0.1) is 0 Å². The number of aldehydes is 2. The van der Waals surface area contributed by atoms with E-state index in [1.807, 2.05) is 0 Å². The molecule has 0 aliphatic carbocycles. The molecular weight excluding hydrogens is 508 g/mol. The van der Waals surface area contributed by atoms with Crippen LogP contribution in [0.3, 0.4) is 0 Å². The van der Waals surface area contributed by atoms with Gasteiger partial charge in [-0.05, 0) is 12.0 Å². The summed E-state index contributed by atoms with van der Waals surface area (Å²) in [4.78, 5) is 78.8. The number of ketones is 2. The molecule has 0 aliphatic rings. The Hall–Kier alpha value is -4.41. The number of rotatable bonds is 15. The van der Waals surface area contributed by atoms with Crippen molar-refractivity contribution in [1.29, 1.82) is 0 Å². The highest BCUT2D eigenvalue weighted by Crippen LogP contribution is 2.28. The number of aromatic nitrogens is 1.